The zero-order chi connectivity index (χ0) is 9.84. The summed E-state index contributed by atoms with van der Waals surface area (Å²) in [6.45, 7) is 4.03. The molecule has 0 saturated carbocycles. The van der Waals surface area contributed by atoms with Crippen molar-refractivity contribution in [1.82, 2.24) is 10.3 Å². The fourth-order valence-corrected chi connectivity index (χ4v) is 1.19. The fourth-order valence-electron chi connectivity index (χ4n) is 1.19. The molecule has 1 heterocycles. The molecule has 0 aliphatic rings. The van der Waals surface area contributed by atoms with Crippen LogP contribution < -0.4 is 5.32 Å². The van der Waals surface area contributed by atoms with Crippen molar-refractivity contribution in [2.45, 2.75) is 13.8 Å². The third-order valence-corrected chi connectivity index (χ3v) is 1.75. The Morgan fingerprint density at radius 2 is 2.38 bits per heavy atom. The lowest BCUT2D eigenvalue weighted by atomic mass is 10.2. The number of nitrogens with one attached hydrogen (secondary N) is 2. The first kappa shape index (κ1) is 9.40. The van der Waals surface area contributed by atoms with Crippen LogP contribution in [0.1, 0.15) is 21.7 Å². The molecule has 0 aliphatic heterocycles. The predicted molar refractivity (Wildman–Crippen MR) is 51.4 cm³/mol. The van der Waals surface area contributed by atoms with Gasteiger partial charge in [0.2, 0.25) is 0 Å². The molecule has 68 valence electrons. The molecule has 0 fully saturated rings. The topological polar surface area (TPSA) is 44.9 Å². The van der Waals surface area contributed by atoms with E-state index in [2.05, 4.69) is 16.2 Å². The first-order valence-corrected chi connectivity index (χ1v) is 4.03. The lowest BCUT2D eigenvalue weighted by Crippen LogP contribution is -2.23. The summed E-state index contributed by atoms with van der Waals surface area (Å²) >= 11 is 0. The van der Waals surface area contributed by atoms with E-state index in [9.17, 15) is 4.79 Å². The molecule has 0 atom stereocenters. The zero-order valence-electron chi connectivity index (χ0n) is 7.77. The third-order valence-electron chi connectivity index (χ3n) is 1.75. The van der Waals surface area contributed by atoms with Crippen LogP contribution in [-0.2, 0) is 0 Å². The number of H-pyrrole nitrogens is 1. The Morgan fingerprint density at radius 3 is 2.85 bits per heavy atom. The molecule has 1 aromatic rings. The SMILES string of the molecule is C#CCNC(=O)c1cc(C)[nH]c1C. The number of carbonyl (C=O) groups is 1. The van der Waals surface area contributed by atoms with Crippen LogP contribution in [0.5, 0.6) is 0 Å². The normalized spacial score (nSPS) is 9.31. The van der Waals surface area contributed by atoms with Gasteiger partial charge in [0.05, 0.1) is 12.1 Å². The van der Waals surface area contributed by atoms with Crippen molar-refractivity contribution in [2.24, 2.45) is 0 Å². The largest absolute Gasteiger partial charge is 0.362 e. The quantitative estimate of drug-likeness (QED) is 0.648. The highest BCUT2D eigenvalue weighted by molar-refractivity contribution is 5.95. The van der Waals surface area contributed by atoms with E-state index in [0.717, 1.165) is 11.4 Å². The van der Waals surface area contributed by atoms with E-state index < -0.39 is 0 Å². The number of aromatic nitrogens is 1. The molecule has 0 aromatic carbocycles. The summed E-state index contributed by atoms with van der Waals surface area (Å²) in [5, 5.41) is 2.61. The van der Waals surface area contributed by atoms with Gasteiger partial charge in [-0.15, -0.1) is 6.42 Å². The molecule has 3 nitrogen and oxygen atoms in total. The van der Waals surface area contributed by atoms with Crippen molar-refractivity contribution in [3.8, 4) is 12.3 Å². The summed E-state index contributed by atoms with van der Waals surface area (Å²) in [5.41, 5.74) is 2.50. The minimum Gasteiger partial charge on any atom is -0.362 e. The maximum absolute atomic E-state index is 11.4. The van der Waals surface area contributed by atoms with Crippen LogP contribution >= 0.6 is 0 Å². The highest BCUT2D eigenvalue weighted by Crippen LogP contribution is 2.08. The molecule has 0 unspecified atom stereocenters. The minimum atomic E-state index is -0.125. The van der Waals surface area contributed by atoms with E-state index in [1.165, 1.54) is 0 Å². The second kappa shape index (κ2) is 3.81. The third kappa shape index (κ3) is 2.12. The Bertz CT molecular complexity index is 357. The van der Waals surface area contributed by atoms with Crippen LogP contribution in [0.15, 0.2) is 6.07 Å². The van der Waals surface area contributed by atoms with Gasteiger partial charge < -0.3 is 10.3 Å². The Balaban J connectivity index is 2.78. The van der Waals surface area contributed by atoms with Crippen molar-refractivity contribution in [3.05, 3.63) is 23.0 Å². The van der Waals surface area contributed by atoms with Gasteiger partial charge in [-0.3, -0.25) is 4.79 Å². The smallest absolute Gasteiger partial charge is 0.253 e. The van der Waals surface area contributed by atoms with Gasteiger partial charge in [0.1, 0.15) is 0 Å². The Hall–Kier alpha value is -1.69. The molecule has 1 aromatic heterocycles. The minimum absolute atomic E-state index is 0.125. The summed E-state index contributed by atoms with van der Waals surface area (Å²) in [6.07, 6.45) is 5.03. The summed E-state index contributed by atoms with van der Waals surface area (Å²) in [4.78, 5) is 14.5. The molecule has 13 heavy (non-hydrogen) atoms. The maximum atomic E-state index is 11.4. The monoisotopic (exact) mass is 176 g/mol. The van der Waals surface area contributed by atoms with Crippen molar-refractivity contribution >= 4 is 5.91 Å². The average molecular weight is 176 g/mol. The number of hydrogen-bond donors (Lipinski definition) is 2. The van der Waals surface area contributed by atoms with E-state index in [-0.39, 0.29) is 12.5 Å². The number of terminal acetylenes is 1. The second-order valence-corrected chi connectivity index (χ2v) is 2.88. The number of aryl methyl sites for hydroxylation is 2. The predicted octanol–water partition coefficient (Wildman–Crippen LogP) is 0.995. The summed E-state index contributed by atoms with van der Waals surface area (Å²) in [7, 11) is 0. The second-order valence-electron chi connectivity index (χ2n) is 2.88. The fraction of sp³-hybridized carbons (Fsp3) is 0.300. The van der Waals surface area contributed by atoms with Gasteiger partial charge in [-0.2, -0.15) is 0 Å². The molecule has 3 heteroatoms. The van der Waals surface area contributed by atoms with Gasteiger partial charge in [0.25, 0.3) is 5.91 Å². The summed E-state index contributed by atoms with van der Waals surface area (Å²) in [5.74, 6) is 2.23. The van der Waals surface area contributed by atoms with Gasteiger partial charge in [-0.05, 0) is 19.9 Å². The van der Waals surface area contributed by atoms with Crippen LogP contribution in [-0.4, -0.2) is 17.4 Å². The molecule has 0 aliphatic carbocycles. The van der Waals surface area contributed by atoms with Crippen molar-refractivity contribution in [2.75, 3.05) is 6.54 Å². The van der Waals surface area contributed by atoms with Crippen LogP contribution in [0.2, 0.25) is 0 Å². The molecule has 1 rings (SSSR count). The highest BCUT2D eigenvalue weighted by Gasteiger charge is 2.09. The van der Waals surface area contributed by atoms with Crippen molar-refractivity contribution < 1.29 is 4.79 Å². The van der Waals surface area contributed by atoms with E-state index in [0.29, 0.717) is 5.56 Å². The zero-order valence-corrected chi connectivity index (χ0v) is 7.77. The van der Waals surface area contributed by atoms with Crippen LogP contribution in [0.3, 0.4) is 0 Å². The molecular weight excluding hydrogens is 164 g/mol. The van der Waals surface area contributed by atoms with Crippen molar-refractivity contribution in [3.63, 3.8) is 0 Å². The first-order chi connectivity index (χ1) is 6.15. The number of hydrogen-bond acceptors (Lipinski definition) is 1. The van der Waals surface area contributed by atoms with Crippen LogP contribution in [0.4, 0.5) is 0 Å². The van der Waals surface area contributed by atoms with Gasteiger partial charge in [0, 0.05) is 11.4 Å². The Kier molecular flexibility index (Phi) is 2.76. The first-order valence-electron chi connectivity index (χ1n) is 4.03. The molecule has 0 bridgehead atoms. The van der Waals surface area contributed by atoms with E-state index in [1.807, 2.05) is 13.8 Å². The molecular formula is C10H12N2O. The number of amides is 1. The van der Waals surface area contributed by atoms with E-state index in [4.69, 9.17) is 6.42 Å². The lowest BCUT2D eigenvalue weighted by Gasteiger charge is -1.98. The van der Waals surface area contributed by atoms with Gasteiger partial charge in [-0.25, -0.2) is 0 Å². The van der Waals surface area contributed by atoms with Crippen LogP contribution in [0, 0.1) is 26.2 Å². The van der Waals surface area contributed by atoms with Gasteiger partial charge in [0.15, 0.2) is 0 Å². The van der Waals surface area contributed by atoms with Crippen molar-refractivity contribution in [1.29, 1.82) is 0 Å². The average Bonchev–Trinajstić information content (AvgIpc) is 2.41. The van der Waals surface area contributed by atoms with E-state index in [1.54, 1.807) is 6.07 Å². The molecule has 1 amide bonds. The van der Waals surface area contributed by atoms with Crippen LogP contribution in [0.25, 0.3) is 0 Å². The molecule has 0 spiro atoms. The Labute approximate surface area is 77.5 Å². The summed E-state index contributed by atoms with van der Waals surface area (Å²) < 4.78 is 0. The molecule has 0 radical (unpaired) electrons. The molecule has 2 N–H and O–H groups in total. The number of carbonyl (C=O) groups excluding carboxylic acids is 1. The highest BCUT2D eigenvalue weighted by atomic mass is 16.1. The van der Waals surface area contributed by atoms with Gasteiger partial charge >= 0.3 is 0 Å². The van der Waals surface area contributed by atoms with E-state index >= 15 is 0 Å². The Morgan fingerprint density at radius 1 is 1.69 bits per heavy atom. The molecule has 0 saturated heterocycles. The summed E-state index contributed by atoms with van der Waals surface area (Å²) in [6, 6.07) is 1.81. The standard InChI is InChI=1S/C10H12N2O/c1-4-5-11-10(13)9-6-7(2)12-8(9)3/h1,6,12H,5H2,2-3H3,(H,11,13). The lowest BCUT2D eigenvalue weighted by molar-refractivity contribution is 0.0958. The number of aromatic amines is 1. The number of rotatable bonds is 2. The van der Waals surface area contributed by atoms with Gasteiger partial charge in [-0.1, -0.05) is 5.92 Å². The maximum Gasteiger partial charge on any atom is 0.253 e.